The zero-order chi connectivity index (χ0) is 36.8. The van der Waals surface area contributed by atoms with Crippen molar-refractivity contribution in [1.29, 1.82) is 0 Å². The van der Waals surface area contributed by atoms with Crippen LogP contribution in [0, 0.1) is 11.6 Å². The predicted octanol–water partition coefficient (Wildman–Crippen LogP) is 9.05. The van der Waals surface area contributed by atoms with Gasteiger partial charge in [0.1, 0.15) is 25.6 Å². The topological polar surface area (TPSA) is 118 Å². The number of sulfonamides is 1. The Morgan fingerprint density at radius 3 is 2.45 bits per heavy atom. The van der Waals surface area contributed by atoms with E-state index in [1.54, 1.807) is 25.3 Å². The molecule has 2 heterocycles. The molecular formula is C37H39ClF2N4O4S3. The van der Waals surface area contributed by atoms with Crippen molar-refractivity contribution in [3.63, 3.8) is 0 Å². The van der Waals surface area contributed by atoms with Crippen molar-refractivity contribution in [2.45, 2.75) is 63.8 Å². The number of unbranched alkanes of at least 4 members (excludes halogenated alkanes) is 1. The van der Waals surface area contributed by atoms with Gasteiger partial charge in [0.2, 0.25) is 0 Å². The van der Waals surface area contributed by atoms with Crippen LogP contribution in [0.15, 0.2) is 88.9 Å². The first-order chi connectivity index (χ1) is 24.3. The molecule has 1 aliphatic heterocycles. The number of hydrogen-bond acceptors (Lipinski definition) is 7. The number of nitrogens with one attached hydrogen (secondary N) is 2. The van der Waals surface area contributed by atoms with Crippen LogP contribution in [0.1, 0.15) is 56.9 Å². The third-order valence-electron chi connectivity index (χ3n) is 8.30. The summed E-state index contributed by atoms with van der Waals surface area (Å²) < 4.78 is 84.2. The molecule has 4 aromatic rings. The smallest absolute Gasteiger partial charge is 0.265 e. The lowest BCUT2D eigenvalue weighted by Crippen LogP contribution is -2.27. The van der Waals surface area contributed by atoms with E-state index in [4.69, 9.17) is 16.6 Å². The molecule has 1 saturated heterocycles. The Morgan fingerprint density at radius 1 is 1.04 bits per heavy atom. The molecule has 3 aromatic carbocycles. The molecule has 14 heteroatoms. The van der Waals surface area contributed by atoms with Gasteiger partial charge in [0.25, 0.3) is 10.0 Å². The number of sulfone groups is 1. The maximum absolute atomic E-state index is 16.5. The van der Waals surface area contributed by atoms with Gasteiger partial charge in [-0.15, -0.1) is 11.3 Å². The third kappa shape index (κ3) is 9.31. The summed E-state index contributed by atoms with van der Waals surface area (Å²) in [4.78, 5) is 9.61. The van der Waals surface area contributed by atoms with Crippen LogP contribution in [0.25, 0.3) is 27.4 Å². The van der Waals surface area contributed by atoms with Crippen molar-refractivity contribution in [3.8, 4) is 21.8 Å². The van der Waals surface area contributed by atoms with Crippen molar-refractivity contribution in [2.24, 2.45) is 4.99 Å². The summed E-state index contributed by atoms with van der Waals surface area (Å²) in [6.07, 6.45) is 8.32. The SMILES string of the molecule is CCC/C=C(/C=C\NC(C)=NC1CCS(=O)(=O)CC1)c1sc(-c2ccccc2Cl)nc1-c1cccc(NS(=O)(=O)c2c(F)cccc2CC)c1F. The second kappa shape index (κ2) is 16.6. The molecule has 1 fully saturated rings. The van der Waals surface area contributed by atoms with Gasteiger partial charge in [-0.1, -0.05) is 74.3 Å². The number of benzene rings is 3. The molecule has 0 atom stereocenters. The molecule has 0 amide bonds. The van der Waals surface area contributed by atoms with Gasteiger partial charge in [-0.2, -0.15) is 0 Å². The number of rotatable bonds is 12. The van der Waals surface area contributed by atoms with E-state index in [0.29, 0.717) is 45.6 Å². The van der Waals surface area contributed by atoms with E-state index < -0.39 is 36.4 Å². The molecule has 5 rings (SSSR count). The number of halogens is 3. The summed E-state index contributed by atoms with van der Waals surface area (Å²) >= 11 is 7.88. The van der Waals surface area contributed by atoms with Gasteiger partial charge >= 0.3 is 0 Å². The summed E-state index contributed by atoms with van der Waals surface area (Å²) in [6.45, 7) is 5.56. The average Bonchev–Trinajstić information content (AvgIpc) is 3.52. The van der Waals surface area contributed by atoms with E-state index in [0.717, 1.165) is 18.1 Å². The van der Waals surface area contributed by atoms with Crippen molar-refractivity contribution >= 4 is 59.9 Å². The molecule has 0 bridgehead atoms. The van der Waals surface area contributed by atoms with Gasteiger partial charge in [-0.05, 0) is 74.1 Å². The lowest BCUT2D eigenvalue weighted by molar-refractivity contribution is 0.547. The molecule has 1 aromatic heterocycles. The summed E-state index contributed by atoms with van der Waals surface area (Å²) in [5, 5.41) is 4.16. The Balaban J connectivity index is 1.55. The molecular weight excluding hydrogens is 734 g/mol. The fraction of sp³-hybridized carbons (Fsp3) is 0.297. The number of anilines is 1. The largest absolute Gasteiger partial charge is 0.351 e. The minimum absolute atomic E-state index is 0.0396. The van der Waals surface area contributed by atoms with Crippen LogP contribution in [0.4, 0.5) is 14.5 Å². The van der Waals surface area contributed by atoms with Crippen molar-refractivity contribution in [2.75, 3.05) is 16.2 Å². The molecule has 0 unspecified atom stereocenters. The second-order valence-corrected chi connectivity index (χ2v) is 17.4. The molecule has 1 aliphatic rings. The Kier molecular flexibility index (Phi) is 12.5. The highest BCUT2D eigenvalue weighted by Crippen LogP contribution is 2.42. The Labute approximate surface area is 307 Å². The first-order valence-electron chi connectivity index (χ1n) is 16.6. The molecule has 0 radical (unpaired) electrons. The monoisotopic (exact) mass is 772 g/mol. The maximum Gasteiger partial charge on any atom is 0.265 e. The van der Waals surface area contributed by atoms with Gasteiger partial charge in [-0.25, -0.2) is 30.6 Å². The van der Waals surface area contributed by atoms with Crippen LogP contribution in [0.2, 0.25) is 5.02 Å². The number of hydrogen-bond donors (Lipinski definition) is 2. The van der Waals surface area contributed by atoms with Crippen LogP contribution in [-0.2, 0) is 26.3 Å². The van der Waals surface area contributed by atoms with Crippen molar-refractivity contribution < 1.29 is 25.6 Å². The first kappa shape index (κ1) is 38.3. The number of aliphatic imine (C=N–C) groups is 1. The summed E-state index contributed by atoms with van der Waals surface area (Å²) in [5.74, 6) is -0.931. The predicted molar refractivity (Wildman–Crippen MR) is 204 cm³/mol. The number of aryl methyl sites for hydroxylation is 1. The normalized spacial score (nSPS) is 15.7. The van der Waals surface area contributed by atoms with Gasteiger partial charge in [0.05, 0.1) is 44.7 Å². The lowest BCUT2D eigenvalue weighted by Gasteiger charge is -2.19. The fourth-order valence-corrected chi connectivity index (χ4v) is 10.00. The van der Waals surface area contributed by atoms with E-state index in [1.165, 1.54) is 41.7 Å². The third-order valence-corrected chi connectivity index (χ3v) is 13.0. The van der Waals surface area contributed by atoms with Crippen LogP contribution in [0.3, 0.4) is 0 Å². The van der Waals surface area contributed by atoms with E-state index in [1.807, 2.05) is 38.1 Å². The van der Waals surface area contributed by atoms with Crippen molar-refractivity contribution in [1.82, 2.24) is 10.3 Å². The standard InChI is InChI=1S/C37H39ClF2N4O4S3/c1-4-6-11-26(18-21-41-24(3)42-27-19-22-50(45,46)23-20-27)35-34(43-37(49-35)28-13-7-8-15-30(28)38)29-14-10-17-32(33(29)40)44-51(47,48)36-25(5-2)12-9-16-31(36)39/h7-18,21,27,44H,4-6,19-20,22-23H2,1-3H3,(H,41,42)/b21-18-,26-11-. The van der Waals surface area contributed by atoms with E-state index >= 15 is 4.39 Å². The van der Waals surface area contributed by atoms with Gasteiger partial charge < -0.3 is 5.32 Å². The van der Waals surface area contributed by atoms with Crippen LogP contribution < -0.4 is 10.0 Å². The molecule has 0 spiro atoms. The number of aromatic nitrogens is 1. The van der Waals surface area contributed by atoms with Crippen LogP contribution in [0.5, 0.6) is 0 Å². The summed E-state index contributed by atoms with van der Waals surface area (Å²) in [6, 6.07) is 15.4. The van der Waals surface area contributed by atoms with Crippen LogP contribution >= 0.6 is 22.9 Å². The number of thiazole rings is 1. The molecule has 0 aliphatic carbocycles. The highest BCUT2D eigenvalue weighted by atomic mass is 35.5. The lowest BCUT2D eigenvalue weighted by atomic mass is 10.0. The minimum atomic E-state index is -4.50. The summed E-state index contributed by atoms with van der Waals surface area (Å²) in [5.41, 5.74) is 1.61. The average molecular weight is 773 g/mol. The number of nitrogens with zero attached hydrogens (tertiary/aromatic N) is 2. The molecule has 0 saturated carbocycles. The Bertz CT molecular complexity index is 2200. The number of amidine groups is 1. The molecule has 51 heavy (non-hydrogen) atoms. The van der Waals surface area contributed by atoms with Crippen LogP contribution in [-0.4, -0.2) is 45.2 Å². The van der Waals surface area contributed by atoms with Gasteiger partial charge in [0, 0.05) is 17.3 Å². The van der Waals surface area contributed by atoms with Gasteiger partial charge in [0.15, 0.2) is 5.82 Å². The highest BCUT2D eigenvalue weighted by Gasteiger charge is 2.27. The Hall–Kier alpha value is -3.91. The molecule has 8 nitrogen and oxygen atoms in total. The zero-order valence-electron chi connectivity index (χ0n) is 28.4. The van der Waals surface area contributed by atoms with E-state index in [2.05, 4.69) is 15.0 Å². The number of allylic oxidation sites excluding steroid dienone is 3. The molecule has 2 N–H and O–H groups in total. The van der Waals surface area contributed by atoms with Crippen molar-refractivity contribution in [3.05, 3.63) is 106 Å². The second-order valence-electron chi connectivity index (χ2n) is 12.1. The minimum Gasteiger partial charge on any atom is -0.351 e. The Morgan fingerprint density at radius 2 is 1.75 bits per heavy atom. The molecule has 270 valence electrons. The highest BCUT2D eigenvalue weighted by molar-refractivity contribution is 7.92. The van der Waals surface area contributed by atoms with E-state index in [9.17, 15) is 21.2 Å². The van der Waals surface area contributed by atoms with E-state index in [-0.39, 0.29) is 46.5 Å². The van der Waals surface area contributed by atoms with Gasteiger partial charge in [-0.3, -0.25) is 9.71 Å². The first-order valence-corrected chi connectivity index (χ1v) is 21.1. The zero-order valence-corrected chi connectivity index (χ0v) is 31.6. The summed E-state index contributed by atoms with van der Waals surface area (Å²) in [7, 11) is -7.50. The quantitative estimate of drug-likeness (QED) is 0.0843. The fourth-order valence-electron chi connectivity index (χ4n) is 5.68. The maximum atomic E-state index is 16.5.